The summed E-state index contributed by atoms with van der Waals surface area (Å²) in [5.41, 5.74) is 13.9. The number of likely N-dealkylation sites (N-methyl/N-ethyl adjacent to an activating group) is 3. The van der Waals surface area contributed by atoms with Crippen molar-refractivity contribution in [3.63, 3.8) is 0 Å². The van der Waals surface area contributed by atoms with E-state index in [1.807, 2.05) is 6.92 Å². The minimum absolute atomic E-state index is 0.00216. The molecule has 15 amide bonds. The first-order chi connectivity index (χ1) is 65.4. The molecule has 137 heavy (non-hydrogen) atoms. The van der Waals surface area contributed by atoms with Crippen LogP contribution in [0, 0.1) is 23.4 Å². The number of hydrogen-bond donors (Lipinski definition) is 15. The topological polar surface area (TPSA) is 526 Å². The quantitative estimate of drug-likeness (QED) is 0.0289. The Morgan fingerprint density at radius 3 is 1.54 bits per heavy atom. The van der Waals surface area contributed by atoms with Gasteiger partial charge in [0, 0.05) is 95.6 Å². The number of carboxylic acids is 1. The number of phenols is 2. The van der Waals surface area contributed by atoms with Crippen molar-refractivity contribution in [3.8, 4) is 11.5 Å². The summed E-state index contributed by atoms with van der Waals surface area (Å²) in [5, 5.41) is 55.8. The number of carbonyl (C=O) groups is 16. The molecular weight excluding hydrogens is 1800 g/mol. The van der Waals surface area contributed by atoms with Gasteiger partial charge in [-0.15, -0.1) is 11.8 Å². The molecular formula is C97H120F3N17O19S. The maximum atomic E-state index is 15.8. The Hall–Kier alpha value is -13.9. The number of fused-ring (bicyclic) bond motifs is 3. The number of primary amides is 1. The maximum Gasteiger partial charge on any atom is 0.305 e. The van der Waals surface area contributed by atoms with E-state index in [-0.39, 0.29) is 120 Å². The van der Waals surface area contributed by atoms with Crippen molar-refractivity contribution >= 4 is 117 Å². The first kappa shape index (κ1) is 105. The number of aromatic nitrogens is 1. The third-order valence-electron chi connectivity index (χ3n) is 24.6. The molecule has 17 N–H and O–H groups in total. The summed E-state index contributed by atoms with van der Waals surface area (Å²) in [6.45, 7) is 4.06. The summed E-state index contributed by atoms with van der Waals surface area (Å²) >= 11 is 0.669. The average molecular weight is 1920 g/mol. The van der Waals surface area contributed by atoms with Gasteiger partial charge in [0.1, 0.15) is 90.0 Å². The number of benzene rings is 6. The average Bonchev–Trinajstić information content (AvgIpc) is 1.77. The lowest BCUT2D eigenvalue weighted by atomic mass is 9.98. The van der Waals surface area contributed by atoms with E-state index < -0.39 is 227 Å². The number of rotatable bonds is 25. The van der Waals surface area contributed by atoms with Gasteiger partial charge in [-0.25, -0.2) is 13.2 Å². The normalized spacial score (nSPS) is 23.2. The fourth-order valence-electron chi connectivity index (χ4n) is 17.1. The van der Waals surface area contributed by atoms with Crippen molar-refractivity contribution in [2.24, 2.45) is 17.4 Å². The summed E-state index contributed by atoms with van der Waals surface area (Å²) in [6, 6.07) is 15.2. The number of thioether (sulfide) groups is 1. The number of nitrogens with two attached hydrogens (primary N) is 2. The van der Waals surface area contributed by atoms with Crippen LogP contribution in [0.5, 0.6) is 11.5 Å². The minimum Gasteiger partial charge on any atom is -0.508 e. The smallest absolute Gasteiger partial charge is 0.305 e. The Kier molecular flexibility index (Phi) is 38.4. The predicted octanol–water partition coefficient (Wildman–Crippen LogP) is 2.89. The molecule has 3 fully saturated rings. The Morgan fingerprint density at radius 2 is 0.971 bits per heavy atom. The monoisotopic (exact) mass is 1920 g/mol. The van der Waals surface area contributed by atoms with Gasteiger partial charge in [-0.2, -0.15) is 0 Å². The van der Waals surface area contributed by atoms with Crippen molar-refractivity contribution < 1.29 is 105 Å². The number of unbranched alkanes of at least 4 members (excludes halogenated alkanes) is 2. The van der Waals surface area contributed by atoms with Gasteiger partial charge in [-0.1, -0.05) is 137 Å². The van der Waals surface area contributed by atoms with Crippen LogP contribution in [0.1, 0.15) is 125 Å². The molecule has 3 aliphatic rings. The molecule has 13 atom stereocenters. The summed E-state index contributed by atoms with van der Waals surface area (Å²) in [7, 11) is 3.77. The molecule has 1 aromatic heterocycles. The van der Waals surface area contributed by atoms with E-state index in [9.17, 15) is 48.5 Å². The van der Waals surface area contributed by atoms with E-state index in [0.29, 0.717) is 75.5 Å². The molecule has 0 unspecified atom stereocenters. The number of amides is 15. The minimum atomic E-state index is -1.95. The predicted molar refractivity (Wildman–Crippen MR) is 500 cm³/mol. The Labute approximate surface area is 794 Å². The third-order valence-corrected chi connectivity index (χ3v) is 25.7. The summed E-state index contributed by atoms with van der Waals surface area (Å²) in [5.74, 6) is -23.7. The van der Waals surface area contributed by atoms with E-state index in [2.05, 4.69) is 52.8 Å². The molecule has 7 aromatic rings. The molecule has 36 nitrogen and oxygen atoms in total. The molecule has 4 heterocycles. The number of para-hydroxylation sites is 1. The van der Waals surface area contributed by atoms with E-state index in [1.165, 1.54) is 79.5 Å². The molecule has 0 aliphatic carbocycles. The van der Waals surface area contributed by atoms with Crippen LogP contribution in [0.3, 0.4) is 0 Å². The Balaban J connectivity index is 1.06. The number of nitrogens with one attached hydrogen (secondary N) is 10. The van der Waals surface area contributed by atoms with E-state index >= 15 is 56.7 Å². The number of phenolic OH excluding ortho intramolecular Hbond substituents is 2. The van der Waals surface area contributed by atoms with E-state index in [4.69, 9.17) is 11.5 Å². The highest BCUT2D eigenvalue weighted by molar-refractivity contribution is 8.00. The van der Waals surface area contributed by atoms with Crippen LogP contribution in [-0.2, 0) is 115 Å². The molecule has 734 valence electrons. The van der Waals surface area contributed by atoms with Gasteiger partial charge in [-0.05, 0) is 140 Å². The number of aliphatic carboxylic acids is 1. The number of nitrogens with zero attached hydrogens (tertiary/aromatic N) is 5. The second-order valence-corrected chi connectivity index (χ2v) is 36.0. The SMILES string of the molecule is CCCC[C@H]1C(=O)N2CCC[C@@H]2C(=O)N[C@@H](CC(=O)O)C(=O)N[C@@H](C(C)C)C(=O)N(C)[C@H](Cc2ccccc2)C(=O)N[C@H](Cc2ccc(O)cc2)C(=O)N2CCC[C@@H]2C(=O)N[C@@H](Cc2c[nH]c3ccccc23)C(=O)N[C@@H](Cc2ccc(O)cc2)C(=O)N[C@@H](CCCCN)C(=O)N[C@H](C(=O)NCC(N)=O)CSCC(=O)N[C@@H](Cc2cc(F)c(F)c(F)c2)C(=O)N(C)[C@@H](Cc2ccccc2)C(=O)N1C. The van der Waals surface area contributed by atoms with Gasteiger partial charge < -0.3 is 104 Å². The molecule has 0 bridgehead atoms. The standard InChI is InChI=1S/C97H120F3N17O19S/c1-7-8-28-77-96(135)117-41-20-30-76(117)91(130)109-71(50-82(122)123)89(128)112-84(55(2)3)97(136)114(5)78(47-56-21-11-9-12-22-56)92(131)110-73(45-59-33-37-63(119)38-34-59)94(133)116-40-19-29-75(116)90(129)108-70(49-61-51-103-67-26-16-15-25-64(61)67)88(127)107-69(44-58-31-35-62(118)36-32-58)87(126)106-68(27-17-18-39-101)86(125)111-74(85(124)104-52-80(102)120)53-137-54-81(121)105-72(46-60-42-65(98)83(100)66(99)43-60)93(132)115(6)79(95(134)113(77)4)48-57-23-13-10-14-24-57/h9-16,21-26,31-38,42-43,51,55,68-79,84,103,118-119H,7-8,17-20,27-30,39-41,44-50,52-54,101H2,1-6H3,(H2,102,120)(H,104,124)(H,105,121)(H,106,126)(H,107,127)(H,108,129)(H,109,130)(H,110,131)(H,111,125)(H,112,128)(H,122,123)/t68-,69-,70-,71-,72-,73+,74-,75+,76+,77-,78+,79-,84-/m0/s1. The molecule has 3 aliphatic heterocycles. The van der Waals surface area contributed by atoms with Gasteiger partial charge >= 0.3 is 5.97 Å². The van der Waals surface area contributed by atoms with Crippen LogP contribution < -0.4 is 59.3 Å². The first-order valence-electron chi connectivity index (χ1n) is 45.6. The van der Waals surface area contributed by atoms with Gasteiger partial charge in [0.05, 0.1) is 18.7 Å². The first-order valence-corrected chi connectivity index (χ1v) is 46.8. The highest BCUT2D eigenvalue weighted by Crippen LogP contribution is 2.29. The molecule has 0 spiro atoms. The highest BCUT2D eigenvalue weighted by atomic mass is 32.2. The molecule has 10 rings (SSSR count). The second-order valence-electron chi connectivity index (χ2n) is 35.0. The summed E-state index contributed by atoms with van der Waals surface area (Å²) in [6.07, 6.45) is -0.399. The van der Waals surface area contributed by atoms with E-state index in [0.717, 1.165) is 14.7 Å². The second kappa shape index (κ2) is 50.1. The van der Waals surface area contributed by atoms with Gasteiger partial charge in [0.15, 0.2) is 17.5 Å². The van der Waals surface area contributed by atoms with Crippen LogP contribution in [0.15, 0.2) is 152 Å². The van der Waals surface area contributed by atoms with Crippen LogP contribution in [0.25, 0.3) is 10.9 Å². The zero-order chi connectivity index (χ0) is 99.4. The fourth-order valence-corrected chi connectivity index (χ4v) is 17.9. The molecule has 40 heteroatoms. The van der Waals surface area contributed by atoms with Crippen LogP contribution >= 0.6 is 11.8 Å². The van der Waals surface area contributed by atoms with Crippen LogP contribution in [-0.4, -0.2) is 277 Å². The molecule has 6 aromatic carbocycles. The lowest BCUT2D eigenvalue weighted by Gasteiger charge is -2.38. The van der Waals surface area contributed by atoms with Gasteiger partial charge in [0.2, 0.25) is 88.6 Å². The van der Waals surface area contributed by atoms with Crippen molar-refractivity contribution in [1.82, 2.24) is 77.3 Å². The maximum absolute atomic E-state index is 15.8. The fraction of sp³-hybridized carbons (Fsp3) is 0.443. The zero-order valence-corrected chi connectivity index (χ0v) is 77.9. The number of carboxylic acid groups (broad SMARTS) is 1. The van der Waals surface area contributed by atoms with Crippen LogP contribution in [0.4, 0.5) is 13.2 Å². The third kappa shape index (κ3) is 29.1. The van der Waals surface area contributed by atoms with Crippen molar-refractivity contribution in [1.29, 1.82) is 0 Å². The van der Waals surface area contributed by atoms with Crippen molar-refractivity contribution in [2.75, 3.05) is 58.8 Å². The molecule has 0 saturated carbocycles. The van der Waals surface area contributed by atoms with Gasteiger partial charge in [-0.3, -0.25) is 76.7 Å². The lowest BCUT2D eigenvalue weighted by molar-refractivity contribution is -0.152. The summed E-state index contributed by atoms with van der Waals surface area (Å²) in [4.78, 5) is 248. The van der Waals surface area contributed by atoms with Crippen LogP contribution in [0.2, 0.25) is 0 Å². The highest BCUT2D eigenvalue weighted by Gasteiger charge is 2.47. The van der Waals surface area contributed by atoms with Gasteiger partial charge in [0.25, 0.3) is 0 Å². The number of aromatic hydroxyl groups is 2. The van der Waals surface area contributed by atoms with Crippen molar-refractivity contribution in [2.45, 2.75) is 208 Å². The Morgan fingerprint density at radius 1 is 0.489 bits per heavy atom. The number of carbonyl (C=O) groups excluding carboxylic acids is 15. The Bertz CT molecular complexity index is 5450. The van der Waals surface area contributed by atoms with E-state index in [1.54, 1.807) is 105 Å². The number of aromatic amines is 1. The zero-order valence-electron chi connectivity index (χ0n) is 77.1. The summed E-state index contributed by atoms with van der Waals surface area (Å²) < 4.78 is 45.2. The van der Waals surface area contributed by atoms with Crippen molar-refractivity contribution in [3.05, 3.63) is 203 Å². The largest absolute Gasteiger partial charge is 0.508 e. The molecule has 0 radical (unpaired) electrons. The number of H-pyrrole nitrogens is 1. The lowest BCUT2D eigenvalue weighted by Crippen LogP contribution is -2.62. The number of halogens is 3. The molecule has 3 saturated heterocycles. The number of hydrogen-bond acceptors (Lipinski definition) is 20.